The van der Waals surface area contributed by atoms with E-state index in [1.165, 1.54) is 11.8 Å². The van der Waals surface area contributed by atoms with Crippen LogP contribution >= 0.6 is 11.8 Å². The number of fused-ring (bicyclic) bond motifs is 1. The number of ether oxygens (including phenoxy) is 1. The topological polar surface area (TPSA) is 57.0 Å². The van der Waals surface area contributed by atoms with E-state index < -0.39 is 0 Å². The molecular weight excluding hydrogens is 286 g/mol. The first-order valence-electron chi connectivity index (χ1n) is 6.78. The smallest absolute Gasteiger partial charge is 0.355 e. The van der Waals surface area contributed by atoms with E-state index in [0.29, 0.717) is 23.1 Å². The Morgan fingerprint density at radius 1 is 1.52 bits per heavy atom. The van der Waals surface area contributed by atoms with Crippen molar-refractivity contribution in [2.24, 2.45) is 5.92 Å². The van der Waals surface area contributed by atoms with Crippen LogP contribution < -0.4 is 0 Å². The Labute approximate surface area is 128 Å². The zero-order valence-electron chi connectivity index (χ0n) is 12.7. The first-order valence-corrected chi connectivity index (χ1v) is 8.00. The summed E-state index contributed by atoms with van der Waals surface area (Å²) >= 11 is 1.46. The lowest BCUT2D eigenvalue weighted by molar-refractivity contribution is 0.0517. The number of rotatable bonds is 5. The van der Waals surface area contributed by atoms with Crippen molar-refractivity contribution in [3.63, 3.8) is 0 Å². The minimum Gasteiger partial charge on any atom is -0.461 e. The molecule has 0 N–H and O–H groups in total. The average molecular weight is 305 g/mol. The molecule has 0 aliphatic heterocycles. The lowest BCUT2D eigenvalue weighted by Gasteiger charge is -2.15. The molecule has 0 saturated carbocycles. The fraction of sp³-hybridized carbons (Fsp3) is 0.400. The molecule has 2 aromatic heterocycles. The molecule has 0 amide bonds. The second kappa shape index (κ2) is 6.30. The van der Waals surface area contributed by atoms with Gasteiger partial charge in [-0.2, -0.15) is 0 Å². The van der Waals surface area contributed by atoms with E-state index in [2.05, 4.69) is 16.5 Å². The molecule has 6 heteroatoms. The van der Waals surface area contributed by atoms with Crippen LogP contribution in [0, 0.1) is 5.92 Å². The highest BCUT2D eigenvalue weighted by atomic mass is 32.2. The molecule has 0 fully saturated rings. The number of hydrogen-bond acceptors (Lipinski definition) is 5. The summed E-state index contributed by atoms with van der Waals surface area (Å²) < 4.78 is 6.91. The second-order valence-corrected chi connectivity index (χ2v) is 5.64. The van der Waals surface area contributed by atoms with Gasteiger partial charge in [-0.15, -0.1) is 0 Å². The van der Waals surface area contributed by atoms with Gasteiger partial charge in [-0.3, -0.25) is 4.57 Å². The predicted octanol–water partition coefficient (Wildman–Crippen LogP) is 3.46. The van der Waals surface area contributed by atoms with Gasteiger partial charge in [0.2, 0.25) is 0 Å². The number of carbonyl (C=O) groups is 1. The molecule has 0 spiro atoms. The molecule has 5 nitrogen and oxygen atoms in total. The third-order valence-electron chi connectivity index (χ3n) is 3.14. The fourth-order valence-electron chi connectivity index (χ4n) is 1.98. The average Bonchev–Trinajstić information content (AvgIpc) is 2.84. The maximum absolute atomic E-state index is 12.2. The molecule has 0 bridgehead atoms. The molecule has 2 aromatic rings. The Morgan fingerprint density at radius 2 is 2.24 bits per heavy atom. The van der Waals surface area contributed by atoms with Crippen LogP contribution in [0.5, 0.6) is 0 Å². The van der Waals surface area contributed by atoms with Crippen molar-refractivity contribution in [2.45, 2.75) is 25.9 Å². The van der Waals surface area contributed by atoms with E-state index in [4.69, 9.17) is 4.74 Å². The summed E-state index contributed by atoms with van der Waals surface area (Å²) in [6.45, 7) is 10.3. The Bertz CT molecular complexity index is 692. The summed E-state index contributed by atoms with van der Waals surface area (Å²) in [6.07, 6.45) is 3.64. The van der Waals surface area contributed by atoms with Gasteiger partial charge in [0.1, 0.15) is 11.3 Å². The number of thioether (sulfide) groups is 1. The lowest BCUT2D eigenvalue weighted by atomic mass is 10.1. The van der Waals surface area contributed by atoms with Crippen LogP contribution in [0.3, 0.4) is 0 Å². The van der Waals surface area contributed by atoms with Gasteiger partial charge in [0.15, 0.2) is 5.16 Å². The molecule has 0 aromatic carbocycles. The van der Waals surface area contributed by atoms with Crippen molar-refractivity contribution in [2.75, 3.05) is 12.9 Å². The molecule has 0 aliphatic carbocycles. The van der Waals surface area contributed by atoms with Gasteiger partial charge in [-0.25, -0.2) is 14.8 Å². The fourth-order valence-corrected chi connectivity index (χ4v) is 2.31. The van der Waals surface area contributed by atoms with Crippen LogP contribution in [0.15, 0.2) is 24.0 Å². The van der Waals surface area contributed by atoms with Crippen molar-refractivity contribution >= 4 is 34.5 Å². The molecule has 2 heterocycles. The first-order chi connectivity index (χ1) is 9.99. The molecule has 0 aliphatic rings. The highest BCUT2D eigenvalue weighted by Gasteiger charge is 2.21. The normalized spacial score (nSPS) is 11.1. The summed E-state index contributed by atoms with van der Waals surface area (Å²) in [7, 11) is 0. The lowest BCUT2D eigenvalue weighted by Crippen LogP contribution is -2.14. The van der Waals surface area contributed by atoms with Crippen LogP contribution in [0.25, 0.3) is 16.7 Å². The predicted molar refractivity (Wildman–Crippen MR) is 85.4 cm³/mol. The molecule has 0 atom stereocenters. The van der Waals surface area contributed by atoms with Crippen LogP contribution in [0.2, 0.25) is 0 Å². The van der Waals surface area contributed by atoms with Crippen molar-refractivity contribution in [1.29, 1.82) is 0 Å². The zero-order chi connectivity index (χ0) is 15.6. The molecule has 0 unspecified atom stereocenters. The van der Waals surface area contributed by atoms with Gasteiger partial charge < -0.3 is 4.74 Å². The molecule has 112 valence electrons. The van der Waals surface area contributed by atoms with E-state index in [1.54, 1.807) is 23.8 Å². The number of allylic oxidation sites excluding steroid dienone is 1. The third kappa shape index (κ3) is 2.95. The summed E-state index contributed by atoms with van der Waals surface area (Å²) in [5, 5.41) is 1.46. The van der Waals surface area contributed by atoms with Crippen LogP contribution in [-0.4, -0.2) is 33.4 Å². The number of nitrogens with zero attached hydrogens (tertiary/aromatic N) is 3. The SMILES string of the molecule is C=C(C(C)C)n1c(C(=O)OCC)cc2cnc(SC)nc21. The quantitative estimate of drug-likeness (QED) is 0.481. The van der Waals surface area contributed by atoms with Crippen molar-refractivity contribution in [3.05, 3.63) is 24.5 Å². The van der Waals surface area contributed by atoms with Crippen molar-refractivity contribution < 1.29 is 9.53 Å². The number of carbonyl (C=O) groups excluding carboxylic acids is 1. The molecule has 0 radical (unpaired) electrons. The van der Waals surface area contributed by atoms with Gasteiger partial charge in [-0.05, 0) is 25.2 Å². The minimum absolute atomic E-state index is 0.182. The van der Waals surface area contributed by atoms with Gasteiger partial charge in [0.25, 0.3) is 0 Å². The van der Waals surface area contributed by atoms with E-state index in [1.807, 2.05) is 20.1 Å². The summed E-state index contributed by atoms with van der Waals surface area (Å²) in [5.41, 5.74) is 1.94. The van der Waals surface area contributed by atoms with Crippen LogP contribution in [0.4, 0.5) is 0 Å². The zero-order valence-corrected chi connectivity index (χ0v) is 13.5. The van der Waals surface area contributed by atoms with Crippen LogP contribution in [0.1, 0.15) is 31.3 Å². The summed E-state index contributed by atoms with van der Waals surface area (Å²) in [5.74, 6) is -0.190. The molecule has 21 heavy (non-hydrogen) atoms. The van der Waals surface area contributed by atoms with Gasteiger partial charge in [0, 0.05) is 17.3 Å². The Morgan fingerprint density at radius 3 is 2.81 bits per heavy atom. The van der Waals surface area contributed by atoms with E-state index in [0.717, 1.165) is 11.1 Å². The van der Waals surface area contributed by atoms with Gasteiger partial charge in [0.05, 0.1) is 6.61 Å². The number of hydrogen-bond donors (Lipinski definition) is 0. The van der Waals surface area contributed by atoms with Crippen molar-refractivity contribution in [3.8, 4) is 0 Å². The Balaban J connectivity index is 2.69. The van der Waals surface area contributed by atoms with E-state index in [-0.39, 0.29) is 11.9 Å². The van der Waals surface area contributed by atoms with E-state index >= 15 is 0 Å². The van der Waals surface area contributed by atoms with Gasteiger partial charge >= 0.3 is 5.97 Å². The molecule has 0 saturated heterocycles. The third-order valence-corrected chi connectivity index (χ3v) is 3.70. The van der Waals surface area contributed by atoms with E-state index in [9.17, 15) is 4.79 Å². The Kier molecular flexibility index (Phi) is 4.67. The summed E-state index contributed by atoms with van der Waals surface area (Å²) in [4.78, 5) is 20.9. The minimum atomic E-state index is -0.372. The number of esters is 1. The molecule has 2 rings (SSSR count). The summed E-state index contributed by atoms with van der Waals surface area (Å²) in [6, 6.07) is 1.75. The number of aromatic nitrogens is 3. The van der Waals surface area contributed by atoms with Crippen molar-refractivity contribution in [1.82, 2.24) is 14.5 Å². The standard InChI is InChI=1S/C15H19N3O2S/c1-6-20-14(19)12-7-11-8-16-15(21-5)17-13(11)18(12)10(4)9(2)3/h7-9H,4,6H2,1-3,5H3. The van der Waals surface area contributed by atoms with Crippen LogP contribution in [-0.2, 0) is 4.74 Å². The molecular formula is C15H19N3O2S. The maximum Gasteiger partial charge on any atom is 0.355 e. The highest BCUT2D eigenvalue weighted by molar-refractivity contribution is 7.98. The maximum atomic E-state index is 12.2. The highest BCUT2D eigenvalue weighted by Crippen LogP contribution is 2.27. The second-order valence-electron chi connectivity index (χ2n) is 4.87. The largest absolute Gasteiger partial charge is 0.461 e. The Hall–Kier alpha value is -1.82. The first kappa shape index (κ1) is 15.6. The monoisotopic (exact) mass is 305 g/mol. The van der Waals surface area contributed by atoms with Gasteiger partial charge in [-0.1, -0.05) is 32.2 Å².